The predicted molar refractivity (Wildman–Crippen MR) is 123 cm³/mol. The number of aromatic amines is 1. The molecular formula is C22H29N7O3. The van der Waals surface area contributed by atoms with Crippen LogP contribution in [0.2, 0.25) is 0 Å². The molecule has 170 valence electrons. The van der Waals surface area contributed by atoms with Crippen LogP contribution in [0.25, 0.3) is 22.3 Å². The number of benzene rings is 1. The lowest BCUT2D eigenvalue weighted by molar-refractivity contribution is 0.0802. The summed E-state index contributed by atoms with van der Waals surface area (Å²) < 4.78 is 5.56. The molecule has 3 aromatic rings. The second-order valence-electron chi connectivity index (χ2n) is 8.65. The third-order valence-corrected chi connectivity index (χ3v) is 5.35. The fourth-order valence-electron chi connectivity index (χ4n) is 3.78. The Morgan fingerprint density at radius 3 is 2.72 bits per heavy atom. The van der Waals surface area contributed by atoms with Crippen molar-refractivity contribution in [1.82, 2.24) is 25.5 Å². The molecule has 1 fully saturated rings. The molecule has 10 nitrogen and oxygen atoms in total. The SMILES string of the molecule is CNC(=O)Nc1ccc(-c2nc(N3CCOC[C@H]3C)nc3[nH]nc(CC(C)(C)O)c23)cc1. The van der Waals surface area contributed by atoms with E-state index < -0.39 is 5.60 Å². The van der Waals surface area contributed by atoms with Gasteiger partial charge in [0.15, 0.2) is 5.65 Å². The molecule has 1 saturated heterocycles. The van der Waals surface area contributed by atoms with E-state index in [1.165, 1.54) is 0 Å². The Balaban J connectivity index is 1.81. The maximum absolute atomic E-state index is 11.6. The number of hydrogen-bond donors (Lipinski definition) is 4. The Kier molecular flexibility index (Phi) is 5.98. The van der Waals surface area contributed by atoms with Gasteiger partial charge in [-0.3, -0.25) is 5.10 Å². The van der Waals surface area contributed by atoms with Crippen LogP contribution in [0.15, 0.2) is 24.3 Å². The Morgan fingerprint density at radius 1 is 1.31 bits per heavy atom. The van der Waals surface area contributed by atoms with Gasteiger partial charge in [-0.15, -0.1) is 0 Å². The third kappa shape index (κ3) is 4.66. The van der Waals surface area contributed by atoms with Crippen LogP contribution in [0.3, 0.4) is 0 Å². The molecule has 1 aliphatic heterocycles. The molecular weight excluding hydrogens is 410 g/mol. The van der Waals surface area contributed by atoms with Gasteiger partial charge >= 0.3 is 6.03 Å². The molecule has 0 radical (unpaired) electrons. The van der Waals surface area contributed by atoms with E-state index >= 15 is 0 Å². The summed E-state index contributed by atoms with van der Waals surface area (Å²) in [5.74, 6) is 0.606. The third-order valence-electron chi connectivity index (χ3n) is 5.35. The molecule has 1 aromatic carbocycles. The van der Waals surface area contributed by atoms with Crippen LogP contribution in [0.1, 0.15) is 26.5 Å². The average Bonchev–Trinajstić information content (AvgIpc) is 3.15. The first-order chi connectivity index (χ1) is 15.2. The molecule has 4 rings (SSSR count). The molecule has 3 heterocycles. The number of aromatic nitrogens is 4. The molecule has 32 heavy (non-hydrogen) atoms. The molecule has 2 amide bonds. The largest absolute Gasteiger partial charge is 0.390 e. The van der Waals surface area contributed by atoms with E-state index in [2.05, 4.69) is 32.7 Å². The number of morpholine rings is 1. The van der Waals surface area contributed by atoms with Crippen LogP contribution in [0, 0.1) is 0 Å². The van der Waals surface area contributed by atoms with E-state index in [1.807, 2.05) is 24.3 Å². The van der Waals surface area contributed by atoms with Gasteiger partial charge in [-0.05, 0) is 32.9 Å². The lowest BCUT2D eigenvalue weighted by atomic mass is 9.99. The van der Waals surface area contributed by atoms with Gasteiger partial charge < -0.3 is 25.4 Å². The molecule has 0 aliphatic carbocycles. The molecule has 2 aromatic heterocycles. The highest BCUT2D eigenvalue weighted by atomic mass is 16.5. The summed E-state index contributed by atoms with van der Waals surface area (Å²) >= 11 is 0. The van der Waals surface area contributed by atoms with Gasteiger partial charge in [0.25, 0.3) is 0 Å². The van der Waals surface area contributed by atoms with Crippen molar-refractivity contribution in [2.24, 2.45) is 0 Å². The van der Waals surface area contributed by atoms with Crippen LogP contribution < -0.4 is 15.5 Å². The van der Waals surface area contributed by atoms with Crippen molar-refractivity contribution in [3.8, 4) is 11.3 Å². The Bertz CT molecular complexity index is 1110. The van der Waals surface area contributed by atoms with Crippen molar-refractivity contribution in [3.63, 3.8) is 0 Å². The van der Waals surface area contributed by atoms with Crippen LogP contribution in [0.4, 0.5) is 16.4 Å². The summed E-state index contributed by atoms with van der Waals surface area (Å²) in [6.45, 7) is 7.51. The van der Waals surface area contributed by atoms with Crippen molar-refractivity contribution >= 4 is 28.7 Å². The molecule has 4 N–H and O–H groups in total. The van der Waals surface area contributed by atoms with E-state index in [9.17, 15) is 9.90 Å². The number of carbonyl (C=O) groups is 1. The maximum Gasteiger partial charge on any atom is 0.318 e. The standard InChI is InChI=1S/C22H29N7O3/c1-13-12-32-10-9-29(13)20-25-18(14-5-7-15(8-6-14)24-21(30)23-4)17-16(11-22(2,3)31)27-28-19(17)26-20/h5-8,13,31H,9-12H2,1-4H3,(H2,23,24,30)(H,25,26,27,28)/t13-/m1/s1. The minimum Gasteiger partial charge on any atom is -0.390 e. The number of amides is 2. The maximum atomic E-state index is 11.6. The highest BCUT2D eigenvalue weighted by Crippen LogP contribution is 2.32. The smallest absolute Gasteiger partial charge is 0.318 e. The number of urea groups is 1. The number of rotatable bonds is 5. The van der Waals surface area contributed by atoms with Crippen LogP contribution in [-0.4, -0.2) is 69.8 Å². The molecule has 0 unspecified atom stereocenters. The Labute approximate surface area is 186 Å². The zero-order valence-corrected chi connectivity index (χ0v) is 18.8. The van der Waals surface area contributed by atoms with E-state index in [-0.39, 0.29) is 12.1 Å². The van der Waals surface area contributed by atoms with Gasteiger partial charge in [-0.2, -0.15) is 10.1 Å². The summed E-state index contributed by atoms with van der Waals surface area (Å²) in [6, 6.07) is 7.32. The number of hydrogen-bond acceptors (Lipinski definition) is 7. The normalized spacial score (nSPS) is 16.9. The van der Waals surface area contributed by atoms with Crippen molar-refractivity contribution in [3.05, 3.63) is 30.0 Å². The van der Waals surface area contributed by atoms with Crippen molar-refractivity contribution in [1.29, 1.82) is 0 Å². The highest BCUT2D eigenvalue weighted by Gasteiger charge is 2.26. The first kappa shape index (κ1) is 22.0. The van der Waals surface area contributed by atoms with Gasteiger partial charge in [0.05, 0.1) is 41.6 Å². The molecule has 10 heteroatoms. The minimum absolute atomic E-state index is 0.145. The summed E-state index contributed by atoms with van der Waals surface area (Å²) in [6.07, 6.45) is 0.354. The summed E-state index contributed by atoms with van der Waals surface area (Å²) in [4.78, 5) is 23.4. The van der Waals surface area contributed by atoms with E-state index in [0.29, 0.717) is 49.2 Å². The van der Waals surface area contributed by atoms with Gasteiger partial charge in [-0.25, -0.2) is 9.78 Å². The lowest BCUT2D eigenvalue weighted by Crippen LogP contribution is -2.44. The van der Waals surface area contributed by atoms with Crippen molar-refractivity contribution < 1.29 is 14.6 Å². The fourth-order valence-corrected chi connectivity index (χ4v) is 3.78. The number of carbonyl (C=O) groups excluding carboxylic acids is 1. The summed E-state index contributed by atoms with van der Waals surface area (Å²) in [5, 5.41) is 23.9. The zero-order valence-electron chi connectivity index (χ0n) is 18.8. The fraction of sp³-hybridized carbons (Fsp3) is 0.455. The number of anilines is 2. The van der Waals surface area contributed by atoms with Gasteiger partial charge in [0.2, 0.25) is 5.95 Å². The topological polar surface area (TPSA) is 128 Å². The zero-order chi connectivity index (χ0) is 22.9. The second-order valence-corrected chi connectivity index (χ2v) is 8.65. The van der Waals surface area contributed by atoms with E-state index in [0.717, 1.165) is 16.6 Å². The molecule has 1 atom stereocenters. The van der Waals surface area contributed by atoms with Crippen molar-refractivity contribution in [2.45, 2.75) is 38.8 Å². The minimum atomic E-state index is -0.932. The molecule has 1 aliphatic rings. The number of fused-ring (bicyclic) bond motifs is 1. The average molecular weight is 440 g/mol. The van der Waals surface area contributed by atoms with Crippen molar-refractivity contribution in [2.75, 3.05) is 37.0 Å². The number of H-pyrrole nitrogens is 1. The number of aliphatic hydroxyl groups is 1. The first-order valence-corrected chi connectivity index (χ1v) is 10.7. The van der Waals surface area contributed by atoms with E-state index in [4.69, 9.17) is 14.7 Å². The first-order valence-electron chi connectivity index (χ1n) is 10.7. The molecule has 0 saturated carbocycles. The summed E-state index contributed by atoms with van der Waals surface area (Å²) in [5.41, 5.74) is 2.65. The monoisotopic (exact) mass is 439 g/mol. The quantitative estimate of drug-likeness (QED) is 0.480. The Hall–Kier alpha value is -3.24. The van der Waals surface area contributed by atoms with Gasteiger partial charge in [-0.1, -0.05) is 12.1 Å². The number of nitrogens with one attached hydrogen (secondary N) is 3. The highest BCUT2D eigenvalue weighted by molar-refractivity contribution is 5.94. The van der Waals surface area contributed by atoms with Crippen LogP contribution in [0.5, 0.6) is 0 Å². The van der Waals surface area contributed by atoms with Crippen LogP contribution in [-0.2, 0) is 11.2 Å². The second kappa shape index (κ2) is 8.71. The predicted octanol–water partition coefficient (Wildman–Crippen LogP) is 2.31. The lowest BCUT2D eigenvalue weighted by Gasteiger charge is -2.33. The molecule has 0 spiro atoms. The van der Waals surface area contributed by atoms with Gasteiger partial charge in [0, 0.05) is 31.3 Å². The molecule has 0 bridgehead atoms. The number of nitrogens with zero attached hydrogens (tertiary/aromatic N) is 4. The van der Waals surface area contributed by atoms with E-state index in [1.54, 1.807) is 20.9 Å². The summed E-state index contributed by atoms with van der Waals surface area (Å²) in [7, 11) is 1.57. The van der Waals surface area contributed by atoms with Crippen LogP contribution >= 0.6 is 0 Å². The number of ether oxygens (including phenoxy) is 1. The van der Waals surface area contributed by atoms with Gasteiger partial charge in [0.1, 0.15) is 0 Å². The Morgan fingerprint density at radius 2 is 2.06 bits per heavy atom.